The maximum atomic E-state index is 12.5. The monoisotopic (exact) mass is 462 g/mol. The van der Waals surface area contributed by atoms with Gasteiger partial charge >= 0.3 is 5.97 Å². The predicted octanol–water partition coefficient (Wildman–Crippen LogP) is 6.87. The molecule has 176 valence electrons. The van der Waals surface area contributed by atoms with Gasteiger partial charge in [-0.1, -0.05) is 61.7 Å². The van der Waals surface area contributed by atoms with Gasteiger partial charge in [0.15, 0.2) is 6.61 Å². The number of benzene rings is 1. The van der Waals surface area contributed by atoms with Crippen LogP contribution >= 0.6 is 11.6 Å². The van der Waals surface area contributed by atoms with E-state index in [9.17, 15) is 4.79 Å². The summed E-state index contributed by atoms with van der Waals surface area (Å²) in [7, 11) is 0. The van der Waals surface area contributed by atoms with Crippen molar-refractivity contribution in [1.29, 1.82) is 0 Å². The Kier molecular flexibility index (Phi) is 8.97. The SMILES string of the molecule is CC(C)(C)OC(=O)CC(CCCC1CCCCC1)c1nc(COc2ccc(Cl)cc2)no1. The molecule has 3 rings (SSSR count). The number of esters is 1. The summed E-state index contributed by atoms with van der Waals surface area (Å²) in [5.41, 5.74) is -0.518. The largest absolute Gasteiger partial charge is 0.485 e. The van der Waals surface area contributed by atoms with E-state index in [1.807, 2.05) is 20.8 Å². The lowest BCUT2D eigenvalue weighted by Crippen LogP contribution is -2.25. The third-order valence-corrected chi connectivity index (χ3v) is 5.99. The highest BCUT2D eigenvalue weighted by Gasteiger charge is 2.26. The Balaban J connectivity index is 1.59. The third-order valence-electron chi connectivity index (χ3n) is 5.74. The molecule has 0 saturated heterocycles. The summed E-state index contributed by atoms with van der Waals surface area (Å²) >= 11 is 5.91. The molecule has 0 amide bonds. The Morgan fingerprint density at radius 3 is 2.59 bits per heavy atom. The Labute approximate surface area is 196 Å². The van der Waals surface area contributed by atoms with Crippen LogP contribution < -0.4 is 4.74 Å². The number of carbonyl (C=O) groups is 1. The first kappa shape index (κ1) is 24.6. The van der Waals surface area contributed by atoms with Crippen LogP contribution in [-0.2, 0) is 16.1 Å². The van der Waals surface area contributed by atoms with Crippen LogP contribution in [0.5, 0.6) is 5.75 Å². The molecular weight excluding hydrogens is 428 g/mol. The number of ether oxygens (including phenoxy) is 2. The molecule has 0 N–H and O–H groups in total. The van der Waals surface area contributed by atoms with E-state index >= 15 is 0 Å². The number of nitrogens with zero attached hydrogens (tertiary/aromatic N) is 2. The van der Waals surface area contributed by atoms with Gasteiger partial charge in [-0.3, -0.25) is 4.79 Å². The van der Waals surface area contributed by atoms with Crippen LogP contribution in [0.2, 0.25) is 5.02 Å². The molecule has 1 unspecified atom stereocenters. The minimum atomic E-state index is -0.518. The van der Waals surface area contributed by atoms with Gasteiger partial charge in [-0.2, -0.15) is 4.98 Å². The van der Waals surface area contributed by atoms with Crippen LogP contribution in [0.4, 0.5) is 0 Å². The van der Waals surface area contributed by atoms with Crippen LogP contribution in [0.1, 0.15) is 96.2 Å². The molecular formula is C25H35ClN2O4. The third kappa shape index (κ3) is 8.45. The molecule has 1 aromatic carbocycles. The second kappa shape index (κ2) is 11.7. The second-order valence-corrected chi connectivity index (χ2v) is 10.2. The predicted molar refractivity (Wildman–Crippen MR) is 124 cm³/mol. The Morgan fingerprint density at radius 2 is 1.91 bits per heavy atom. The molecule has 0 spiro atoms. The Bertz CT molecular complexity index is 838. The molecule has 1 saturated carbocycles. The van der Waals surface area contributed by atoms with Crippen LogP contribution in [0.15, 0.2) is 28.8 Å². The number of hydrogen-bond acceptors (Lipinski definition) is 6. The molecule has 2 aromatic rings. The first-order chi connectivity index (χ1) is 15.3. The van der Waals surface area contributed by atoms with Crippen molar-refractivity contribution in [3.8, 4) is 5.75 Å². The summed E-state index contributed by atoms with van der Waals surface area (Å²) in [5.74, 6) is 2.03. The molecule has 1 fully saturated rings. The van der Waals surface area contributed by atoms with E-state index in [0.29, 0.717) is 22.5 Å². The van der Waals surface area contributed by atoms with Crippen LogP contribution in [-0.4, -0.2) is 21.7 Å². The minimum Gasteiger partial charge on any atom is -0.485 e. The zero-order valence-corrected chi connectivity index (χ0v) is 20.2. The van der Waals surface area contributed by atoms with Crippen LogP contribution in [0.3, 0.4) is 0 Å². The second-order valence-electron chi connectivity index (χ2n) is 9.71. The van der Waals surface area contributed by atoms with E-state index in [2.05, 4.69) is 10.1 Å². The topological polar surface area (TPSA) is 74.5 Å². The number of carbonyl (C=O) groups excluding carboxylic acids is 1. The highest BCUT2D eigenvalue weighted by molar-refractivity contribution is 6.30. The quantitative estimate of drug-likeness (QED) is 0.358. The summed E-state index contributed by atoms with van der Waals surface area (Å²) in [5, 5.41) is 4.71. The molecule has 1 aliphatic carbocycles. The average Bonchev–Trinajstić information content (AvgIpc) is 3.21. The number of hydrogen-bond donors (Lipinski definition) is 0. The van der Waals surface area contributed by atoms with Crippen molar-refractivity contribution in [2.45, 2.75) is 96.7 Å². The molecule has 6 nitrogen and oxygen atoms in total. The van der Waals surface area contributed by atoms with E-state index in [4.69, 9.17) is 25.6 Å². The van der Waals surface area contributed by atoms with E-state index in [1.54, 1.807) is 24.3 Å². The van der Waals surface area contributed by atoms with E-state index in [1.165, 1.54) is 38.5 Å². The average molecular weight is 463 g/mol. The Morgan fingerprint density at radius 1 is 1.19 bits per heavy atom. The smallest absolute Gasteiger partial charge is 0.307 e. The fraction of sp³-hybridized carbons (Fsp3) is 0.640. The van der Waals surface area contributed by atoms with E-state index < -0.39 is 5.60 Å². The number of rotatable bonds is 10. The molecule has 1 aromatic heterocycles. The van der Waals surface area contributed by atoms with Crippen molar-refractivity contribution in [3.05, 3.63) is 41.0 Å². The Hall–Kier alpha value is -2.08. The molecule has 0 radical (unpaired) electrons. The van der Waals surface area contributed by atoms with Gasteiger partial charge < -0.3 is 14.0 Å². The van der Waals surface area contributed by atoms with Crippen molar-refractivity contribution in [2.24, 2.45) is 5.92 Å². The van der Waals surface area contributed by atoms with Gasteiger partial charge in [0.05, 0.1) is 6.42 Å². The lowest BCUT2D eigenvalue weighted by atomic mass is 9.84. The van der Waals surface area contributed by atoms with Crippen molar-refractivity contribution < 1.29 is 18.8 Å². The molecule has 1 aliphatic rings. The molecule has 0 aliphatic heterocycles. The van der Waals surface area contributed by atoms with Gasteiger partial charge in [0.2, 0.25) is 11.7 Å². The van der Waals surface area contributed by atoms with Gasteiger partial charge in [-0.05, 0) is 57.4 Å². The highest BCUT2D eigenvalue weighted by Crippen LogP contribution is 2.31. The van der Waals surface area contributed by atoms with Crippen molar-refractivity contribution in [2.75, 3.05) is 0 Å². The fourth-order valence-electron chi connectivity index (χ4n) is 4.20. The zero-order chi connectivity index (χ0) is 23.0. The molecule has 32 heavy (non-hydrogen) atoms. The number of aromatic nitrogens is 2. The van der Waals surface area contributed by atoms with Gasteiger partial charge in [0.1, 0.15) is 11.4 Å². The highest BCUT2D eigenvalue weighted by atomic mass is 35.5. The first-order valence-corrected chi connectivity index (χ1v) is 12.1. The van der Waals surface area contributed by atoms with Crippen LogP contribution in [0.25, 0.3) is 0 Å². The van der Waals surface area contributed by atoms with Gasteiger partial charge in [-0.15, -0.1) is 0 Å². The lowest BCUT2D eigenvalue weighted by Gasteiger charge is -2.23. The summed E-state index contributed by atoms with van der Waals surface area (Å²) in [6.07, 6.45) is 9.98. The van der Waals surface area contributed by atoms with Crippen molar-refractivity contribution >= 4 is 17.6 Å². The summed E-state index contributed by atoms with van der Waals surface area (Å²) < 4.78 is 16.8. The molecule has 0 bridgehead atoms. The lowest BCUT2D eigenvalue weighted by molar-refractivity contribution is -0.155. The van der Waals surface area contributed by atoms with Gasteiger partial charge in [-0.25, -0.2) is 0 Å². The first-order valence-electron chi connectivity index (χ1n) is 11.7. The maximum Gasteiger partial charge on any atom is 0.307 e. The summed E-state index contributed by atoms with van der Waals surface area (Å²) in [6.45, 7) is 5.82. The molecule has 1 heterocycles. The van der Waals surface area contributed by atoms with Crippen LogP contribution in [0, 0.1) is 5.92 Å². The van der Waals surface area contributed by atoms with Gasteiger partial charge in [0, 0.05) is 10.9 Å². The van der Waals surface area contributed by atoms with Gasteiger partial charge in [0.25, 0.3) is 0 Å². The zero-order valence-electron chi connectivity index (χ0n) is 19.4. The number of halogens is 1. The van der Waals surface area contributed by atoms with E-state index in [0.717, 1.165) is 18.8 Å². The summed E-state index contributed by atoms with van der Waals surface area (Å²) in [4.78, 5) is 17.0. The van der Waals surface area contributed by atoms with E-state index in [-0.39, 0.29) is 24.9 Å². The van der Waals surface area contributed by atoms with Crippen molar-refractivity contribution in [3.63, 3.8) is 0 Å². The normalized spacial score (nSPS) is 16.0. The minimum absolute atomic E-state index is 0.148. The molecule has 1 atom stereocenters. The fourth-order valence-corrected chi connectivity index (χ4v) is 4.32. The van der Waals surface area contributed by atoms with Crippen molar-refractivity contribution in [1.82, 2.24) is 10.1 Å². The maximum absolute atomic E-state index is 12.5. The standard InChI is InChI=1S/C25H35ClN2O4/c1-25(2,3)31-23(29)16-19(11-7-10-18-8-5-4-6-9-18)24-27-22(28-32-24)17-30-21-14-12-20(26)13-15-21/h12-15,18-19H,4-11,16-17H2,1-3H3. The summed E-state index contributed by atoms with van der Waals surface area (Å²) in [6, 6.07) is 7.11. The molecule has 7 heteroatoms.